The van der Waals surface area contributed by atoms with Crippen LogP contribution in [0.5, 0.6) is 0 Å². The van der Waals surface area contributed by atoms with Gasteiger partial charge in [-0.1, -0.05) is 0 Å². The monoisotopic (exact) mass is 249 g/mol. The van der Waals surface area contributed by atoms with Gasteiger partial charge in [-0.3, -0.25) is 0 Å². The van der Waals surface area contributed by atoms with Crippen molar-refractivity contribution < 1.29 is 19.0 Å². The highest BCUT2D eigenvalue weighted by molar-refractivity contribution is 6.39. The van der Waals surface area contributed by atoms with Crippen molar-refractivity contribution in [3.05, 3.63) is 0 Å². The normalized spacial score (nSPS) is 12.0. The highest BCUT2D eigenvalue weighted by Gasteiger charge is 2.24. The van der Waals surface area contributed by atoms with Gasteiger partial charge in [0.1, 0.15) is 14.9 Å². The molecule has 0 heterocycles. The molecule has 0 aliphatic rings. The maximum Gasteiger partial charge on any atom is 0.406 e. The van der Waals surface area contributed by atoms with E-state index in [0.717, 1.165) is 0 Å². The fraction of sp³-hybridized carbons (Fsp3) is 0.900. The van der Waals surface area contributed by atoms with Crippen LogP contribution in [0.25, 0.3) is 0 Å². The van der Waals surface area contributed by atoms with Gasteiger partial charge in [0.15, 0.2) is 0 Å². The van der Waals surface area contributed by atoms with Crippen molar-refractivity contribution >= 4 is 15.6 Å². The maximum atomic E-state index is 11.1. The van der Waals surface area contributed by atoms with Crippen LogP contribution >= 0.6 is 0 Å². The van der Waals surface area contributed by atoms with Crippen LogP contribution in [-0.2, 0) is 14.2 Å². The van der Waals surface area contributed by atoms with Gasteiger partial charge < -0.3 is 19.5 Å². The van der Waals surface area contributed by atoms with E-state index in [4.69, 9.17) is 14.2 Å². The molecule has 0 unspecified atom stereocenters. The summed E-state index contributed by atoms with van der Waals surface area (Å²) in [5.74, 6) is 0. The first-order valence-corrected chi connectivity index (χ1v) is 7.47. The third kappa shape index (κ3) is 6.81. The van der Waals surface area contributed by atoms with Gasteiger partial charge >= 0.3 is 6.09 Å². The number of alkyl carbamates (subject to hydrolysis) is 1. The third-order valence-electron chi connectivity index (χ3n) is 2.02. The second-order valence-corrected chi connectivity index (χ2v) is 5.68. The number of hydrogen-bond donors (Lipinski definition) is 1. The quantitative estimate of drug-likeness (QED) is 0.506. The molecule has 6 heteroatoms. The highest BCUT2D eigenvalue weighted by atomic mass is 28.2. The summed E-state index contributed by atoms with van der Waals surface area (Å²) in [7, 11) is -0.709. The van der Waals surface area contributed by atoms with Crippen LogP contribution in [-0.4, -0.2) is 47.0 Å². The summed E-state index contributed by atoms with van der Waals surface area (Å²) in [6, 6.07) is 0. The summed E-state index contributed by atoms with van der Waals surface area (Å²) in [5.41, 5.74) is -0.497. The molecule has 0 fully saturated rings. The molecule has 0 radical (unpaired) electrons. The Balaban J connectivity index is 3.88. The molecule has 0 rings (SSSR count). The van der Waals surface area contributed by atoms with Crippen LogP contribution in [0.1, 0.15) is 27.7 Å². The van der Waals surface area contributed by atoms with Crippen LogP contribution < -0.4 is 5.32 Å². The Morgan fingerprint density at radius 1 is 1.19 bits per heavy atom. The van der Waals surface area contributed by atoms with Crippen LogP contribution in [0.15, 0.2) is 0 Å². The zero-order valence-corrected chi connectivity index (χ0v) is 12.1. The van der Waals surface area contributed by atoms with E-state index < -0.39 is 14.9 Å². The lowest BCUT2D eigenvalue weighted by Gasteiger charge is -2.29. The molecule has 96 valence electrons. The van der Waals surface area contributed by atoms with E-state index in [2.05, 4.69) is 5.32 Å². The fourth-order valence-corrected chi connectivity index (χ4v) is 2.85. The number of rotatable bonds is 8. The lowest BCUT2D eigenvalue weighted by Crippen LogP contribution is -2.45. The van der Waals surface area contributed by atoms with Crippen LogP contribution in [0.4, 0.5) is 4.79 Å². The molecule has 0 aliphatic heterocycles. The molecule has 0 aliphatic carbocycles. The molecular weight excluding hydrogens is 226 g/mol. The molecule has 0 saturated carbocycles. The Labute approximate surface area is 99.7 Å². The summed E-state index contributed by atoms with van der Waals surface area (Å²) >= 11 is 0. The minimum absolute atomic E-state index is 0.370. The van der Waals surface area contributed by atoms with E-state index in [0.29, 0.717) is 26.0 Å². The zero-order chi connectivity index (χ0) is 12.4. The Morgan fingerprint density at radius 2 is 1.75 bits per heavy atom. The second kappa shape index (κ2) is 8.55. The van der Waals surface area contributed by atoms with Crippen molar-refractivity contribution in [1.82, 2.24) is 5.32 Å². The van der Waals surface area contributed by atoms with Crippen molar-refractivity contribution in [2.24, 2.45) is 0 Å². The first kappa shape index (κ1) is 15.4. The Kier molecular flexibility index (Phi) is 8.23. The van der Waals surface area contributed by atoms with Gasteiger partial charge in [0.2, 0.25) is 0 Å². The Bertz CT molecular complexity index is 195. The van der Waals surface area contributed by atoms with Gasteiger partial charge in [0.25, 0.3) is 0 Å². The Morgan fingerprint density at radius 3 is 2.19 bits per heavy atom. The van der Waals surface area contributed by atoms with Crippen molar-refractivity contribution in [3.8, 4) is 0 Å². The molecular formula is C10H23NO4Si. The summed E-state index contributed by atoms with van der Waals surface area (Å²) in [5, 5.41) is 2.70. The minimum Gasteiger partial charge on any atom is -0.450 e. The van der Waals surface area contributed by atoms with E-state index in [9.17, 15) is 4.79 Å². The summed E-state index contributed by atoms with van der Waals surface area (Å²) in [4.78, 5) is 11.1. The smallest absolute Gasteiger partial charge is 0.406 e. The predicted molar refractivity (Wildman–Crippen MR) is 65.2 cm³/mol. The molecule has 1 amide bonds. The van der Waals surface area contributed by atoms with Gasteiger partial charge in [-0.25, -0.2) is 4.79 Å². The minimum atomic E-state index is -0.709. The number of nitrogens with one attached hydrogen (secondary N) is 1. The van der Waals surface area contributed by atoms with E-state index in [1.807, 2.05) is 20.8 Å². The first-order chi connectivity index (χ1) is 7.58. The molecule has 0 saturated heterocycles. The molecule has 16 heavy (non-hydrogen) atoms. The first-order valence-electron chi connectivity index (χ1n) is 5.76. The van der Waals surface area contributed by atoms with Crippen LogP contribution in [0.3, 0.4) is 0 Å². The molecule has 5 nitrogen and oxygen atoms in total. The number of ether oxygens (including phenoxy) is 3. The van der Waals surface area contributed by atoms with E-state index >= 15 is 0 Å². The summed E-state index contributed by atoms with van der Waals surface area (Å²) in [6.07, 6.45) is 0.236. The maximum absolute atomic E-state index is 11.1. The second-order valence-electron chi connectivity index (χ2n) is 3.40. The molecule has 0 aromatic carbocycles. The largest absolute Gasteiger partial charge is 0.450 e. The molecule has 0 aromatic heterocycles. The fourth-order valence-electron chi connectivity index (χ4n) is 1.37. The van der Waals surface area contributed by atoms with Gasteiger partial charge in [-0.2, -0.15) is 0 Å². The van der Waals surface area contributed by atoms with E-state index in [1.54, 1.807) is 6.92 Å². The van der Waals surface area contributed by atoms with Crippen LogP contribution in [0.2, 0.25) is 0 Å². The van der Waals surface area contributed by atoms with E-state index in [1.165, 1.54) is 0 Å². The highest BCUT2D eigenvalue weighted by Crippen LogP contribution is 2.09. The van der Waals surface area contributed by atoms with Crippen molar-refractivity contribution in [3.63, 3.8) is 0 Å². The van der Waals surface area contributed by atoms with Gasteiger partial charge in [-0.15, -0.1) is 0 Å². The Hall–Kier alpha value is -0.593. The van der Waals surface area contributed by atoms with Gasteiger partial charge in [0.05, 0.1) is 6.61 Å². The number of amides is 1. The standard InChI is InChI=1S/C10H23NO4Si/c1-5-13-9(12)11-8-16-10(4,14-6-2)15-7-3/h5-8,16H2,1-4H3,(H,11,12). The topological polar surface area (TPSA) is 56.8 Å². The summed E-state index contributed by atoms with van der Waals surface area (Å²) in [6.45, 7) is 9.20. The molecule has 0 atom stereocenters. The molecule has 1 N–H and O–H groups in total. The molecule has 0 spiro atoms. The molecule has 0 bridgehead atoms. The van der Waals surface area contributed by atoms with Gasteiger partial charge in [0, 0.05) is 19.4 Å². The summed E-state index contributed by atoms with van der Waals surface area (Å²) < 4.78 is 15.9. The molecule has 0 aromatic rings. The number of carbonyl (C=O) groups excluding carboxylic acids is 1. The van der Waals surface area contributed by atoms with Crippen molar-refractivity contribution in [1.29, 1.82) is 0 Å². The lowest BCUT2D eigenvalue weighted by atomic mass is 10.7. The van der Waals surface area contributed by atoms with Crippen molar-refractivity contribution in [2.45, 2.75) is 33.1 Å². The lowest BCUT2D eigenvalue weighted by molar-refractivity contribution is -0.163. The number of carbonyl (C=O) groups is 1. The third-order valence-corrected chi connectivity index (χ3v) is 3.84. The van der Waals surface area contributed by atoms with E-state index in [-0.39, 0.29) is 6.09 Å². The van der Waals surface area contributed by atoms with Gasteiger partial charge in [-0.05, 0) is 27.7 Å². The average Bonchev–Trinajstić information content (AvgIpc) is 2.18. The average molecular weight is 249 g/mol. The number of hydrogen-bond acceptors (Lipinski definition) is 4. The SMILES string of the molecule is CCOC(=O)NC[SiH2]C(C)(OCC)OCC. The van der Waals surface area contributed by atoms with Crippen molar-refractivity contribution in [2.75, 3.05) is 26.0 Å². The zero-order valence-electron chi connectivity index (χ0n) is 10.7. The predicted octanol–water partition coefficient (Wildman–Crippen LogP) is 0.605. The van der Waals surface area contributed by atoms with Crippen LogP contribution in [0, 0.1) is 0 Å².